The van der Waals surface area contributed by atoms with Crippen LogP contribution in [0.4, 0.5) is 0 Å². The van der Waals surface area contributed by atoms with E-state index in [1.165, 1.54) is 38.5 Å². The van der Waals surface area contributed by atoms with Gasteiger partial charge in [0.2, 0.25) is 0 Å². The largest absolute Gasteiger partial charge is 0.396 e. The number of aliphatic hydroxyl groups excluding tert-OH is 1. The Bertz CT molecular complexity index is 243. The smallest absolute Gasteiger partial charge is 0.162 e. The summed E-state index contributed by atoms with van der Waals surface area (Å²) in [6.45, 7) is 0.0181. The van der Waals surface area contributed by atoms with Gasteiger partial charge in [0, 0.05) is 25.9 Å². The maximum absolute atomic E-state index is 9.62. The van der Waals surface area contributed by atoms with E-state index in [-0.39, 0.29) is 13.0 Å². The van der Waals surface area contributed by atoms with Crippen molar-refractivity contribution >= 4 is 0 Å². The first kappa shape index (κ1) is 19.4. The fraction of sp³-hybridized carbons (Fsp3) is 0.882. The summed E-state index contributed by atoms with van der Waals surface area (Å²) in [5.41, 5.74) is 0. The van der Waals surface area contributed by atoms with E-state index < -0.39 is 5.79 Å². The summed E-state index contributed by atoms with van der Waals surface area (Å²) < 4.78 is 0. The number of aliphatic hydroxyl groups is 3. The molecule has 0 atom stereocenters. The lowest BCUT2D eigenvalue weighted by Gasteiger charge is -2.21. The molecule has 20 heavy (non-hydrogen) atoms. The molecular weight excluding hydrogens is 252 g/mol. The Hall–Kier alpha value is -0.560. The second-order valence-electron chi connectivity index (χ2n) is 5.70. The normalized spacial score (nSPS) is 11.5. The van der Waals surface area contributed by atoms with Gasteiger partial charge in [0.1, 0.15) is 0 Å². The van der Waals surface area contributed by atoms with Gasteiger partial charge < -0.3 is 15.3 Å². The van der Waals surface area contributed by atoms with E-state index >= 15 is 0 Å². The van der Waals surface area contributed by atoms with Crippen LogP contribution in [0.1, 0.15) is 83.5 Å². The van der Waals surface area contributed by atoms with E-state index in [2.05, 4.69) is 5.92 Å². The average Bonchev–Trinajstić information content (AvgIpc) is 2.42. The predicted molar refractivity (Wildman–Crippen MR) is 83.1 cm³/mol. The zero-order chi connectivity index (χ0) is 15.1. The average molecular weight is 284 g/mol. The number of hydrogen-bond acceptors (Lipinski definition) is 3. The van der Waals surface area contributed by atoms with Crippen LogP contribution in [0.5, 0.6) is 0 Å². The van der Waals surface area contributed by atoms with Crippen LogP contribution in [0, 0.1) is 12.3 Å². The highest BCUT2D eigenvalue weighted by Gasteiger charge is 2.20. The van der Waals surface area contributed by atoms with E-state index in [0.717, 1.165) is 25.7 Å². The van der Waals surface area contributed by atoms with Gasteiger partial charge in [-0.3, -0.25) is 0 Å². The quantitative estimate of drug-likeness (QED) is 0.260. The monoisotopic (exact) mass is 284 g/mol. The van der Waals surface area contributed by atoms with Crippen LogP contribution in [0.25, 0.3) is 0 Å². The lowest BCUT2D eigenvalue weighted by atomic mass is 10.0. The summed E-state index contributed by atoms with van der Waals surface area (Å²) >= 11 is 0. The zero-order valence-electron chi connectivity index (χ0n) is 12.8. The molecule has 0 fully saturated rings. The summed E-state index contributed by atoms with van der Waals surface area (Å²) in [7, 11) is 0. The number of terminal acetylenes is 1. The van der Waals surface area contributed by atoms with Crippen LogP contribution in [-0.4, -0.2) is 27.7 Å². The van der Waals surface area contributed by atoms with Crippen molar-refractivity contribution in [2.75, 3.05) is 6.61 Å². The molecule has 0 spiro atoms. The van der Waals surface area contributed by atoms with Gasteiger partial charge in [-0.25, -0.2) is 0 Å². The molecule has 0 rings (SSSR count). The zero-order valence-corrected chi connectivity index (χ0v) is 12.8. The topological polar surface area (TPSA) is 60.7 Å². The minimum atomic E-state index is -1.58. The van der Waals surface area contributed by atoms with Gasteiger partial charge in [-0.05, 0) is 19.3 Å². The van der Waals surface area contributed by atoms with Crippen LogP contribution in [-0.2, 0) is 0 Å². The van der Waals surface area contributed by atoms with Crippen LogP contribution in [0.3, 0.4) is 0 Å². The van der Waals surface area contributed by atoms with Gasteiger partial charge in [-0.1, -0.05) is 44.9 Å². The molecule has 0 saturated heterocycles. The van der Waals surface area contributed by atoms with Crippen molar-refractivity contribution in [3.05, 3.63) is 0 Å². The van der Waals surface area contributed by atoms with Crippen LogP contribution >= 0.6 is 0 Å². The van der Waals surface area contributed by atoms with E-state index in [4.69, 9.17) is 11.5 Å². The van der Waals surface area contributed by atoms with Gasteiger partial charge >= 0.3 is 0 Å². The summed E-state index contributed by atoms with van der Waals surface area (Å²) in [5.74, 6) is 1.08. The van der Waals surface area contributed by atoms with Crippen molar-refractivity contribution < 1.29 is 15.3 Å². The second kappa shape index (κ2) is 13.4. The molecule has 0 aliphatic rings. The molecule has 0 aromatic rings. The fourth-order valence-electron chi connectivity index (χ4n) is 2.36. The molecule has 0 bridgehead atoms. The van der Waals surface area contributed by atoms with E-state index in [9.17, 15) is 10.2 Å². The minimum Gasteiger partial charge on any atom is -0.396 e. The molecule has 0 aliphatic carbocycles. The molecule has 0 unspecified atom stereocenters. The molecule has 3 heteroatoms. The molecule has 0 aliphatic heterocycles. The maximum Gasteiger partial charge on any atom is 0.162 e. The lowest BCUT2D eigenvalue weighted by molar-refractivity contribution is -0.173. The highest BCUT2D eigenvalue weighted by Crippen LogP contribution is 2.18. The third-order valence-corrected chi connectivity index (χ3v) is 3.63. The van der Waals surface area contributed by atoms with E-state index in [1.807, 2.05) is 0 Å². The summed E-state index contributed by atoms with van der Waals surface area (Å²) in [6, 6.07) is 0. The molecule has 0 aromatic heterocycles. The maximum atomic E-state index is 9.62. The molecular formula is C17H32O3. The third kappa shape index (κ3) is 13.9. The minimum absolute atomic E-state index is 0.0181. The third-order valence-electron chi connectivity index (χ3n) is 3.63. The van der Waals surface area contributed by atoms with E-state index in [1.54, 1.807) is 0 Å². The Kier molecular flexibility index (Phi) is 13.0. The molecule has 0 radical (unpaired) electrons. The van der Waals surface area contributed by atoms with Crippen molar-refractivity contribution in [1.82, 2.24) is 0 Å². The number of hydrogen-bond donors (Lipinski definition) is 3. The Morgan fingerprint density at radius 3 is 1.65 bits per heavy atom. The van der Waals surface area contributed by atoms with Crippen LogP contribution < -0.4 is 0 Å². The lowest BCUT2D eigenvalue weighted by Crippen LogP contribution is -2.28. The molecule has 0 saturated carbocycles. The number of rotatable bonds is 14. The Morgan fingerprint density at radius 1 is 0.700 bits per heavy atom. The van der Waals surface area contributed by atoms with Crippen LogP contribution in [0.2, 0.25) is 0 Å². The van der Waals surface area contributed by atoms with Crippen molar-refractivity contribution in [2.24, 2.45) is 0 Å². The highest BCUT2D eigenvalue weighted by atomic mass is 16.5. The SMILES string of the molecule is C#CCCCCCCCCCCCC(O)(O)CCCO. The molecule has 0 amide bonds. The first-order chi connectivity index (χ1) is 9.62. The van der Waals surface area contributed by atoms with Gasteiger partial charge in [-0.2, -0.15) is 0 Å². The fourth-order valence-corrected chi connectivity index (χ4v) is 2.36. The van der Waals surface area contributed by atoms with Gasteiger partial charge in [0.15, 0.2) is 5.79 Å². The second-order valence-corrected chi connectivity index (χ2v) is 5.70. The van der Waals surface area contributed by atoms with Crippen molar-refractivity contribution in [3.8, 4) is 12.3 Å². The van der Waals surface area contributed by atoms with Gasteiger partial charge in [0.25, 0.3) is 0 Å². The van der Waals surface area contributed by atoms with E-state index in [0.29, 0.717) is 12.8 Å². The Morgan fingerprint density at radius 2 is 1.15 bits per heavy atom. The Balaban J connectivity index is 3.22. The van der Waals surface area contributed by atoms with Crippen molar-refractivity contribution in [1.29, 1.82) is 0 Å². The first-order valence-corrected chi connectivity index (χ1v) is 8.11. The Labute approximate surface area is 124 Å². The summed E-state index contributed by atoms with van der Waals surface area (Å²) in [5, 5.41) is 27.9. The summed E-state index contributed by atoms with van der Waals surface area (Å²) in [6.07, 6.45) is 17.8. The predicted octanol–water partition coefficient (Wildman–Crippen LogP) is 3.36. The van der Waals surface area contributed by atoms with Gasteiger partial charge in [0.05, 0.1) is 0 Å². The molecule has 0 heterocycles. The summed E-state index contributed by atoms with van der Waals surface area (Å²) in [4.78, 5) is 0. The number of unbranched alkanes of at least 4 members (excludes halogenated alkanes) is 9. The van der Waals surface area contributed by atoms with Crippen LogP contribution in [0.15, 0.2) is 0 Å². The van der Waals surface area contributed by atoms with Crippen molar-refractivity contribution in [2.45, 2.75) is 89.3 Å². The standard InChI is InChI=1S/C17H32O3/c1-2-3-4-5-6-7-8-9-10-11-12-14-17(19,20)15-13-16-18/h1,18-20H,3-16H2. The highest BCUT2D eigenvalue weighted by molar-refractivity contribution is 4.82. The molecule has 3 nitrogen and oxygen atoms in total. The van der Waals surface area contributed by atoms with Gasteiger partial charge in [-0.15, -0.1) is 12.3 Å². The molecule has 3 N–H and O–H groups in total. The molecule has 0 aromatic carbocycles. The first-order valence-electron chi connectivity index (χ1n) is 8.11. The molecule has 118 valence electrons. The van der Waals surface area contributed by atoms with Crippen molar-refractivity contribution in [3.63, 3.8) is 0 Å².